The van der Waals surface area contributed by atoms with E-state index in [9.17, 15) is 14.9 Å². The number of nitrogens with zero attached hydrogens (tertiary/aromatic N) is 3. The monoisotopic (exact) mass is 379 g/mol. The van der Waals surface area contributed by atoms with Gasteiger partial charge in [-0.05, 0) is 44.0 Å². The van der Waals surface area contributed by atoms with Gasteiger partial charge in [-0.2, -0.15) is 5.10 Å². The number of rotatable bonds is 6. The fourth-order valence-electron chi connectivity index (χ4n) is 2.94. The SMILES string of the molecule is Cc1ccc(COC(=O)c2ccc(Cn3nc(C)c([N+](=O)[O-])c3C)cc2)cc1. The second kappa shape index (κ2) is 8.04. The number of aryl methyl sites for hydroxylation is 2. The largest absolute Gasteiger partial charge is 0.457 e. The molecule has 0 radical (unpaired) electrons. The van der Waals surface area contributed by atoms with Gasteiger partial charge in [0.15, 0.2) is 0 Å². The molecule has 0 spiro atoms. The maximum absolute atomic E-state index is 12.2. The molecule has 0 atom stereocenters. The van der Waals surface area contributed by atoms with Crippen molar-refractivity contribution in [3.63, 3.8) is 0 Å². The normalized spacial score (nSPS) is 10.7. The van der Waals surface area contributed by atoms with Gasteiger partial charge < -0.3 is 4.74 Å². The van der Waals surface area contributed by atoms with Gasteiger partial charge in [0.25, 0.3) is 0 Å². The number of carbonyl (C=O) groups excluding carboxylic acids is 1. The molecule has 0 amide bonds. The zero-order chi connectivity index (χ0) is 20.3. The number of hydrogen-bond acceptors (Lipinski definition) is 5. The van der Waals surface area contributed by atoms with Crippen LogP contribution in [-0.4, -0.2) is 20.7 Å². The van der Waals surface area contributed by atoms with Crippen LogP contribution in [0.1, 0.15) is 38.4 Å². The molecule has 1 aromatic heterocycles. The van der Waals surface area contributed by atoms with Gasteiger partial charge in [-0.15, -0.1) is 0 Å². The third-order valence-corrected chi connectivity index (χ3v) is 4.54. The molecular weight excluding hydrogens is 358 g/mol. The van der Waals surface area contributed by atoms with Gasteiger partial charge in [0.1, 0.15) is 18.0 Å². The van der Waals surface area contributed by atoms with Gasteiger partial charge in [0.2, 0.25) is 0 Å². The number of carbonyl (C=O) groups is 1. The summed E-state index contributed by atoms with van der Waals surface area (Å²) in [5, 5.41) is 15.3. The van der Waals surface area contributed by atoms with E-state index in [0.29, 0.717) is 23.5 Å². The predicted molar refractivity (Wildman–Crippen MR) is 104 cm³/mol. The molecule has 7 nitrogen and oxygen atoms in total. The highest BCUT2D eigenvalue weighted by atomic mass is 16.6. The molecule has 7 heteroatoms. The van der Waals surface area contributed by atoms with Crippen LogP contribution in [-0.2, 0) is 17.9 Å². The summed E-state index contributed by atoms with van der Waals surface area (Å²) < 4.78 is 6.94. The molecule has 2 aromatic carbocycles. The van der Waals surface area contributed by atoms with E-state index in [2.05, 4.69) is 5.10 Å². The molecule has 0 saturated carbocycles. The molecule has 1 heterocycles. The van der Waals surface area contributed by atoms with Crippen molar-refractivity contribution in [2.45, 2.75) is 33.9 Å². The van der Waals surface area contributed by atoms with Gasteiger partial charge in [0.05, 0.1) is 17.0 Å². The van der Waals surface area contributed by atoms with E-state index in [1.54, 1.807) is 42.8 Å². The van der Waals surface area contributed by atoms with E-state index in [1.807, 2.05) is 31.2 Å². The van der Waals surface area contributed by atoms with Crippen molar-refractivity contribution in [3.05, 3.63) is 92.3 Å². The Balaban J connectivity index is 1.65. The van der Waals surface area contributed by atoms with E-state index in [0.717, 1.165) is 16.7 Å². The number of benzene rings is 2. The van der Waals surface area contributed by atoms with Crippen molar-refractivity contribution < 1.29 is 14.5 Å². The van der Waals surface area contributed by atoms with E-state index in [4.69, 9.17) is 4.74 Å². The standard InChI is InChI=1S/C21H21N3O4/c1-14-4-6-18(7-5-14)13-28-21(25)19-10-8-17(9-11-19)12-23-16(3)20(24(26)27)15(2)22-23/h4-11H,12-13H2,1-3H3. The second-order valence-corrected chi connectivity index (χ2v) is 6.69. The number of esters is 1. The Morgan fingerprint density at radius 1 is 1.04 bits per heavy atom. The lowest BCUT2D eigenvalue weighted by molar-refractivity contribution is -0.386. The first-order valence-corrected chi connectivity index (χ1v) is 8.85. The molecule has 0 aliphatic heterocycles. The van der Waals surface area contributed by atoms with Crippen LogP contribution < -0.4 is 0 Å². The summed E-state index contributed by atoms with van der Waals surface area (Å²) in [4.78, 5) is 22.9. The predicted octanol–water partition coefficient (Wildman–Crippen LogP) is 4.12. The lowest BCUT2D eigenvalue weighted by Crippen LogP contribution is -2.07. The van der Waals surface area contributed by atoms with Crippen LogP contribution in [0.5, 0.6) is 0 Å². The van der Waals surface area contributed by atoms with E-state index >= 15 is 0 Å². The molecular formula is C21H21N3O4. The van der Waals surface area contributed by atoms with Gasteiger partial charge in [-0.1, -0.05) is 42.0 Å². The lowest BCUT2D eigenvalue weighted by Gasteiger charge is -2.07. The van der Waals surface area contributed by atoms with Crippen LogP contribution in [0.4, 0.5) is 5.69 Å². The Bertz CT molecular complexity index is 1010. The van der Waals surface area contributed by atoms with E-state index < -0.39 is 10.9 Å². The minimum atomic E-state index is -0.415. The van der Waals surface area contributed by atoms with Crippen LogP contribution in [0, 0.1) is 30.9 Å². The van der Waals surface area contributed by atoms with Crippen LogP contribution in [0.25, 0.3) is 0 Å². The summed E-state index contributed by atoms with van der Waals surface area (Å²) in [6.45, 7) is 5.90. The minimum Gasteiger partial charge on any atom is -0.457 e. The highest BCUT2D eigenvalue weighted by molar-refractivity contribution is 5.89. The Morgan fingerprint density at radius 2 is 1.64 bits per heavy atom. The minimum absolute atomic E-state index is 0.0382. The van der Waals surface area contributed by atoms with Crippen LogP contribution in [0.15, 0.2) is 48.5 Å². The molecule has 3 rings (SSSR count). The molecule has 0 N–H and O–H groups in total. The molecule has 0 aliphatic carbocycles. The van der Waals surface area contributed by atoms with Crippen molar-refractivity contribution in [1.29, 1.82) is 0 Å². The van der Waals surface area contributed by atoms with Gasteiger partial charge in [0, 0.05) is 0 Å². The lowest BCUT2D eigenvalue weighted by atomic mass is 10.1. The van der Waals surface area contributed by atoms with Crippen molar-refractivity contribution in [3.8, 4) is 0 Å². The Morgan fingerprint density at radius 3 is 2.21 bits per heavy atom. The van der Waals surface area contributed by atoms with Crippen LogP contribution in [0.2, 0.25) is 0 Å². The first kappa shape index (κ1) is 19.3. The molecule has 0 unspecified atom stereocenters. The Hall–Kier alpha value is -3.48. The maximum atomic E-state index is 12.2. The fourth-order valence-corrected chi connectivity index (χ4v) is 2.94. The Labute approximate surface area is 162 Å². The third-order valence-electron chi connectivity index (χ3n) is 4.54. The zero-order valence-electron chi connectivity index (χ0n) is 16.0. The molecule has 0 saturated heterocycles. The first-order valence-electron chi connectivity index (χ1n) is 8.85. The summed E-state index contributed by atoms with van der Waals surface area (Å²) in [6.07, 6.45) is 0. The second-order valence-electron chi connectivity index (χ2n) is 6.69. The number of aromatic nitrogens is 2. The van der Waals surface area contributed by atoms with Gasteiger partial charge >= 0.3 is 11.7 Å². The molecule has 144 valence electrons. The number of nitro groups is 1. The highest BCUT2D eigenvalue weighted by Gasteiger charge is 2.21. The van der Waals surface area contributed by atoms with Crippen LogP contribution in [0.3, 0.4) is 0 Å². The van der Waals surface area contributed by atoms with E-state index in [1.165, 1.54) is 0 Å². The van der Waals surface area contributed by atoms with Gasteiger partial charge in [-0.25, -0.2) is 4.79 Å². The van der Waals surface area contributed by atoms with Crippen molar-refractivity contribution in [2.24, 2.45) is 0 Å². The average molecular weight is 379 g/mol. The fraction of sp³-hybridized carbons (Fsp3) is 0.238. The summed E-state index contributed by atoms with van der Waals surface area (Å²) in [5.41, 5.74) is 4.35. The zero-order valence-corrected chi connectivity index (χ0v) is 16.0. The van der Waals surface area contributed by atoms with Crippen molar-refractivity contribution in [2.75, 3.05) is 0 Å². The average Bonchev–Trinajstić information content (AvgIpc) is 2.95. The summed E-state index contributed by atoms with van der Waals surface area (Å²) in [7, 11) is 0. The molecule has 0 fully saturated rings. The molecule has 0 bridgehead atoms. The Kier molecular flexibility index (Phi) is 5.54. The third kappa shape index (κ3) is 4.25. The topological polar surface area (TPSA) is 87.3 Å². The van der Waals surface area contributed by atoms with Crippen molar-refractivity contribution in [1.82, 2.24) is 9.78 Å². The maximum Gasteiger partial charge on any atom is 0.338 e. The summed E-state index contributed by atoms with van der Waals surface area (Å²) in [6, 6.07) is 14.8. The van der Waals surface area contributed by atoms with Crippen molar-refractivity contribution >= 4 is 11.7 Å². The molecule has 28 heavy (non-hydrogen) atoms. The van der Waals surface area contributed by atoms with Gasteiger partial charge in [-0.3, -0.25) is 14.8 Å². The first-order chi connectivity index (χ1) is 13.3. The quantitative estimate of drug-likeness (QED) is 0.365. The smallest absolute Gasteiger partial charge is 0.338 e. The summed E-state index contributed by atoms with van der Waals surface area (Å²) >= 11 is 0. The van der Waals surface area contributed by atoms with Crippen LogP contribution >= 0.6 is 0 Å². The number of ether oxygens (including phenoxy) is 1. The highest BCUT2D eigenvalue weighted by Crippen LogP contribution is 2.22. The molecule has 3 aromatic rings. The summed E-state index contributed by atoms with van der Waals surface area (Å²) in [5.74, 6) is -0.395. The van der Waals surface area contributed by atoms with E-state index in [-0.39, 0.29) is 12.3 Å². The number of hydrogen-bond donors (Lipinski definition) is 0. The molecule has 0 aliphatic rings.